The third-order valence-electron chi connectivity index (χ3n) is 7.97. The van der Waals surface area contributed by atoms with Gasteiger partial charge in [-0.05, 0) is 54.5 Å². The first kappa shape index (κ1) is 30.0. The fourth-order valence-corrected chi connectivity index (χ4v) is 4.93. The second kappa shape index (κ2) is 13.6. The van der Waals surface area contributed by atoms with Crippen molar-refractivity contribution < 1.29 is 28.9 Å². The van der Waals surface area contributed by atoms with Gasteiger partial charge in [0, 0.05) is 24.7 Å². The molecular formula is C30H42N4O6. The van der Waals surface area contributed by atoms with Crippen molar-refractivity contribution in [2.24, 2.45) is 11.3 Å². The van der Waals surface area contributed by atoms with Crippen molar-refractivity contribution in [3.8, 4) is 0 Å². The summed E-state index contributed by atoms with van der Waals surface area (Å²) in [5.74, 6) is 0.0172. The number of ketones is 1. The van der Waals surface area contributed by atoms with Crippen molar-refractivity contribution in [1.29, 1.82) is 0 Å². The fraction of sp³-hybridized carbons (Fsp3) is 0.633. The number of carbonyl (C=O) groups excluding carboxylic acids is 2. The molecular weight excluding hydrogens is 512 g/mol. The Kier molecular flexibility index (Phi) is 10.2. The number of rotatable bonds is 6. The number of benzene rings is 1. The quantitative estimate of drug-likeness (QED) is 0.411. The van der Waals surface area contributed by atoms with Gasteiger partial charge in [0.15, 0.2) is 12.6 Å². The number of hydrogen-bond acceptors (Lipinski definition) is 9. The highest BCUT2D eigenvalue weighted by Crippen LogP contribution is 2.35. The minimum absolute atomic E-state index is 0.00216. The van der Waals surface area contributed by atoms with Gasteiger partial charge in [-0.15, -0.1) is 15.0 Å². The lowest BCUT2D eigenvalue weighted by Gasteiger charge is -2.27. The van der Waals surface area contributed by atoms with Crippen molar-refractivity contribution >= 4 is 17.8 Å². The number of tetrazole rings is 1. The lowest BCUT2D eigenvalue weighted by atomic mass is 9.79. The number of ether oxygens (including phenoxy) is 3. The Morgan fingerprint density at radius 2 is 1.98 bits per heavy atom. The van der Waals surface area contributed by atoms with Crippen molar-refractivity contribution in [3.63, 3.8) is 0 Å². The lowest BCUT2D eigenvalue weighted by Crippen LogP contribution is -2.32. The van der Waals surface area contributed by atoms with Crippen LogP contribution in [-0.4, -0.2) is 61.5 Å². The molecule has 4 rings (SSSR count). The van der Waals surface area contributed by atoms with Crippen molar-refractivity contribution in [1.82, 2.24) is 20.2 Å². The molecule has 2 aliphatic heterocycles. The van der Waals surface area contributed by atoms with Gasteiger partial charge in [0.25, 0.3) is 0 Å². The molecule has 0 amide bonds. The van der Waals surface area contributed by atoms with Gasteiger partial charge in [0.05, 0.1) is 24.9 Å². The van der Waals surface area contributed by atoms with E-state index >= 15 is 0 Å². The highest BCUT2D eigenvalue weighted by Gasteiger charge is 2.41. The molecule has 2 aromatic rings. The number of carbonyl (C=O) groups is 2. The van der Waals surface area contributed by atoms with E-state index in [0.717, 1.165) is 30.4 Å². The summed E-state index contributed by atoms with van der Waals surface area (Å²) in [6.07, 6.45) is 4.38. The minimum Gasteiger partial charge on any atom is -0.458 e. The molecule has 0 radical (unpaired) electrons. The topological polar surface area (TPSA) is 129 Å². The minimum atomic E-state index is -0.729. The lowest BCUT2D eigenvalue weighted by molar-refractivity contribution is -0.148. The third-order valence-corrected chi connectivity index (χ3v) is 7.97. The van der Waals surface area contributed by atoms with Gasteiger partial charge < -0.3 is 19.3 Å². The van der Waals surface area contributed by atoms with Gasteiger partial charge in [-0.1, -0.05) is 57.5 Å². The molecule has 10 heteroatoms. The zero-order chi connectivity index (χ0) is 28.7. The number of cyclic esters (lactones) is 1. The normalized spacial score (nSPS) is 28.5. The van der Waals surface area contributed by atoms with E-state index in [0.29, 0.717) is 25.3 Å². The summed E-state index contributed by atoms with van der Waals surface area (Å²) >= 11 is 0. The number of fused-ring (bicyclic) bond motifs is 1. The third kappa shape index (κ3) is 8.78. The van der Waals surface area contributed by atoms with Crippen LogP contribution in [0.1, 0.15) is 84.0 Å². The van der Waals surface area contributed by atoms with Gasteiger partial charge in [-0.2, -0.15) is 0 Å². The molecule has 1 N–H and O–H groups in total. The van der Waals surface area contributed by atoms with Crippen LogP contribution < -0.4 is 0 Å². The van der Waals surface area contributed by atoms with Gasteiger partial charge >= 0.3 is 5.97 Å². The zero-order valence-corrected chi connectivity index (χ0v) is 24.0. The van der Waals surface area contributed by atoms with Crippen LogP contribution in [0, 0.1) is 11.3 Å². The Morgan fingerprint density at radius 1 is 1.20 bits per heavy atom. The highest BCUT2D eigenvalue weighted by atomic mass is 16.6. The van der Waals surface area contributed by atoms with E-state index in [-0.39, 0.29) is 49.5 Å². The Balaban J connectivity index is 1.40. The summed E-state index contributed by atoms with van der Waals surface area (Å²) in [4.78, 5) is 27.2. The maximum absolute atomic E-state index is 12.9. The van der Waals surface area contributed by atoms with Crippen LogP contribution in [0.2, 0.25) is 0 Å². The molecule has 0 spiro atoms. The molecule has 10 nitrogen and oxygen atoms in total. The molecule has 0 saturated carbocycles. The van der Waals surface area contributed by atoms with Crippen molar-refractivity contribution in [3.05, 3.63) is 47.3 Å². The van der Waals surface area contributed by atoms with Crippen molar-refractivity contribution in [2.75, 3.05) is 0 Å². The predicted octanol–water partition coefficient (Wildman–Crippen LogP) is 4.27. The van der Waals surface area contributed by atoms with Gasteiger partial charge in [-0.25, -0.2) is 0 Å². The zero-order valence-electron chi connectivity index (χ0n) is 24.0. The van der Waals surface area contributed by atoms with E-state index < -0.39 is 17.6 Å². The average molecular weight is 555 g/mol. The first-order chi connectivity index (χ1) is 19.1. The Labute approximate surface area is 236 Å². The number of Topliss-reactive ketones (excluding diaryl/α,β-unsaturated/α-hetero) is 1. The van der Waals surface area contributed by atoms with E-state index in [1.54, 1.807) is 6.08 Å². The van der Waals surface area contributed by atoms with Crippen LogP contribution in [0.4, 0.5) is 0 Å². The van der Waals surface area contributed by atoms with Crippen LogP contribution in [0.3, 0.4) is 0 Å². The highest BCUT2D eigenvalue weighted by molar-refractivity contribution is 5.85. The molecule has 2 fully saturated rings. The summed E-state index contributed by atoms with van der Waals surface area (Å²) in [5.41, 5.74) is 1.12. The first-order valence-corrected chi connectivity index (χ1v) is 14.2. The number of aromatic nitrogens is 4. The molecule has 0 bridgehead atoms. The maximum Gasteiger partial charge on any atom is 0.306 e. The monoisotopic (exact) mass is 554 g/mol. The maximum atomic E-state index is 12.9. The number of nitrogens with zero attached hydrogens (tertiary/aromatic N) is 4. The molecule has 5 atom stereocenters. The molecule has 3 heterocycles. The predicted molar refractivity (Wildman–Crippen MR) is 148 cm³/mol. The van der Waals surface area contributed by atoms with Crippen LogP contribution in [0.25, 0.3) is 6.08 Å². The molecule has 4 unspecified atom stereocenters. The number of aliphatic hydroxyl groups excluding tert-OH is 1. The smallest absolute Gasteiger partial charge is 0.306 e. The number of aliphatic hydroxyl groups is 1. The van der Waals surface area contributed by atoms with E-state index in [2.05, 4.69) is 15.4 Å². The fourth-order valence-electron chi connectivity index (χ4n) is 4.93. The van der Waals surface area contributed by atoms with Crippen molar-refractivity contribution in [2.45, 2.75) is 110 Å². The number of esters is 1. The summed E-state index contributed by atoms with van der Waals surface area (Å²) in [6, 6.07) is 9.85. The molecule has 1 aromatic heterocycles. The van der Waals surface area contributed by atoms with E-state index in [9.17, 15) is 14.7 Å². The number of epoxide rings is 1. The molecule has 218 valence electrons. The molecule has 0 aliphatic carbocycles. The SMILES string of the molecule is C/C(=C\c1nnn(COCc2ccccc2)n1)C1CC2OC2CCC[C@H](C)C(O)CC(=O)C(C)(C)CCC(=O)O1. The van der Waals surface area contributed by atoms with Gasteiger partial charge in [-0.3, -0.25) is 9.59 Å². The van der Waals surface area contributed by atoms with Gasteiger partial charge in [0.2, 0.25) is 0 Å². The summed E-state index contributed by atoms with van der Waals surface area (Å²) in [6.45, 7) is 8.13. The largest absolute Gasteiger partial charge is 0.458 e. The summed E-state index contributed by atoms with van der Waals surface area (Å²) < 4.78 is 17.5. The Morgan fingerprint density at radius 3 is 2.75 bits per heavy atom. The second-order valence-electron chi connectivity index (χ2n) is 11.8. The molecule has 40 heavy (non-hydrogen) atoms. The summed E-state index contributed by atoms with van der Waals surface area (Å²) in [5, 5.41) is 23.1. The molecule has 1 aromatic carbocycles. The number of hydrogen-bond donors (Lipinski definition) is 1. The standard InChI is InChI=1S/C30H42N4O6/c1-20-9-8-12-24-26(39-24)17-25(40-29(37)13-14-30(3,4)27(36)16-23(20)35)21(2)15-28-31-33-34(32-28)19-38-18-22-10-6-5-7-11-22/h5-7,10-11,15,20,23-26,35H,8-9,12-14,16-19H2,1-4H3/b21-15+/t20-,23?,24?,25?,26?/m0/s1. The van der Waals surface area contributed by atoms with Gasteiger partial charge in [0.1, 0.15) is 11.9 Å². The second-order valence-corrected chi connectivity index (χ2v) is 11.8. The van der Waals surface area contributed by atoms with Crippen LogP contribution in [0.15, 0.2) is 35.9 Å². The summed E-state index contributed by atoms with van der Waals surface area (Å²) in [7, 11) is 0. The first-order valence-electron chi connectivity index (χ1n) is 14.2. The Hall–Kier alpha value is -2.95. The Bertz CT molecular complexity index is 1160. The molecule has 2 saturated heterocycles. The van der Waals surface area contributed by atoms with Crippen LogP contribution in [-0.2, 0) is 37.1 Å². The van der Waals surface area contributed by atoms with E-state index in [1.165, 1.54) is 4.80 Å². The molecule has 2 aliphatic rings. The van der Waals surface area contributed by atoms with Crippen LogP contribution >= 0.6 is 0 Å². The van der Waals surface area contributed by atoms with E-state index in [1.807, 2.05) is 58.0 Å². The van der Waals surface area contributed by atoms with E-state index in [4.69, 9.17) is 14.2 Å². The average Bonchev–Trinajstić information content (AvgIpc) is 3.51. The van der Waals surface area contributed by atoms with Crippen LogP contribution in [0.5, 0.6) is 0 Å².